The number of pyridine rings is 1. The molecule has 2 heterocycles. The number of amides is 1. The Labute approximate surface area is 194 Å². The third-order valence-electron chi connectivity index (χ3n) is 4.82. The molecule has 4 rings (SSSR count). The van der Waals surface area contributed by atoms with Crippen molar-refractivity contribution < 1.29 is 4.79 Å². The van der Waals surface area contributed by atoms with E-state index in [2.05, 4.69) is 47.8 Å². The predicted molar refractivity (Wildman–Crippen MR) is 129 cm³/mol. The van der Waals surface area contributed by atoms with E-state index in [9.17, 15) is 4.79 Å². The molecule has 2 aromatic heterocycles. The second-order valence-electron chi connectivity index (χ2n) is 7.30. The molecule has 0 saturated heterocycles. The molecule has 8 heteroatoms. The van der Waals surface area contributed by atoms with Gasteiger partial charge in [-0.05, 0) is 56.2 Å². The van der Waals surface area contributed by atoms with Gasteiger partial charge < -0.3 is 5.32 Å². The summed E-state index contributed by atoms with van der Waals surface area (Å²) < 4.78 is 2.11. The number of rotatable bonds is 5. The van der Waals surface area contributed by atoms with Gasteiger partial charge in [0.15, 0.2) is 5.16 Å². The van der Waals surface area contributed by atoms with Crippen LogP contribution in [-0.2, 0) is 4.79 Å². The minimum Gasteiger partial charge on any atom is -0.324 e. The van der Waals surface area contributed by atoms with Gasteiger partial charge in [0.25, 0.3) is 0 Å². The van der Waals surface area contributed by atoms with E-state index in [1.807, 2.05) is 6.07 Å². The van der Waals surface area contributed by atoms with Gasteiger partial charge in [0.05, 0.1) is 33.9 Å². The van der Waals surface area contributed by atoms with Gasteiger partial charge in [0, 0.05) is 11.2 Å². The van der Waals surface area contributed by atoms with Gasteiger partial charge in [-0.15, -0.1) is 0 Å². The summed E-state index contributed by atoms with van der Waals surface area (Å²) in [5.74, 6) is 0.00272. The lowest BCUT2D eigenvalue weighted by Crippen LogP contribution is -2.15. The molecule has 5 nitrogen and oxygen atoms in total. The second kappa shape index (κ2) is 8.91. The van der Waals surface area contributed by atoms with Crippen molar-refractivity contribution in [2.75, 3.05) is 11.1 Å². The summed E-state index contributed by atoms with van der Waals surface area (Å²) in [7, 11) is 0. The van der Waals surface area contributed by atoms with Gasteiger partial charge >= 0.3 is 0 Å². The van der Waals surface area contributed by atoms with Crippen LogP contribution in [0.3, 0.4) is 0 Å². The number of hydrogen-bond acceptors (Lipinski definition) is 4. The standard InChI is InChI=1S/C23H20Cl2N4OS/c1-13-8-14(2)22(15(3)9-13)29-20-6-7-26-11-19(20)28-23(29)31-12-21(30)27-18-5-4-16(24)10-17(18)25/h4-11H,12H2,1-3H3,(H,27,30). The number of carbonyl (C=O) groups is 1. The van der Waals surface area contributed by atoms with Crippen molar-refractivity contribution in [1.29, 1.82) is 0 Å². The molecular weight excluding hydrogens is 451 g/mol. The molecule has 0 aliphatic carbocycles. The van der Waals surface area contributed by atoms with Crippen molar-refractivity contribution in [3.05, 3.63) is 75.5 Å². The zero-order valence-corrected chi connectivity index (χ0v) is 19.6. The number of carbonyl (C=O) groups excluding carboxylic acids is 1. The van der Waals surface area contributed by atoms with Crippen molar-refractivity contribution in [2.45, 2.75) is 25.9 Å². The third kappa shape index (κ3) is 4.56. The van der Waals surface area contributed by atoms with Crippen molar-refractivity contribution >= 4 is 57.6 Å². The summed E-state index contributed by atoms with van der Waals surface area (Å²) in [6, 6.07) is 11.2. The molecule has 0 aliphatic rings. The van der Waals surface area contributed by atoms with E-state index in [0.717, 1.165) is 33.0 Å². The Kier molecular flexibility index (Phi) is 6.23. The highest BCUT2D eigenvalue weighted by Gasteiger charge is 2.18. The fourth-order valence-corrected chi connectivity index (χ4v) is 4.93. The number of halogens is 2. The molecule has 31 heavy (non-hydrogen) atoms. The Morgan fingerprint density at radius 2 is 1.84 bits per heavy atom. The maximum atomic E-state index is 12.6. The molecule has 0 fully saturated rings. The SMILES string of the molecule is Cc1cc(C)c(-n2c(SCC(=O)Nc3ccc(Cl)cc3Cl)nc3cnccc32)c(C)c1. The van der Waals surface area contributed by atoms with Crippen molar-refractivity contribution in [3.63, 3.8) is 0 Å². The highest BCUT2D eigenvalue weighted by molar-refractivity contribution is 7.99. The molecule has 1 amide bonds. The summed E-state index contributed by atoms with van der Waals surface area (Å²) in [4.78, 5) is 21.5. The van der Waals surface area contributed by atoms with Crippen LogP contribution in [0.4, 0.5) is 5.69 Å². The second-order valence-corrected chi connectivity index (χ2v) is 9.09. The van der Waals surface area contributed by atoms with Crippen LogP contribution < -0.4 is 5.32 Å². The van der Waals surface area contributed by atoms with Gasteiger partial charge in [0.1, 0.15) is 5.52 Å². The number of benzene rings is 2. The van der Waals surface area contributed by atoms with E-state index in [0.29, 0.717) is 15.7 Å². The van der Waals surface area contributed by atoms with Gasteiger partial charge in [-0.25, -0.2) is 4.98 Å². The maximum Gasteiger partial charge on any atom is 0.234 e. The number of imidazole rings is 1. The molecule has 4 aromatic rings. The zero-order valence-electron chi connectivity index (χ0n) is 17.2. The van der Waals surface area contributed by atoms with Crippen LogP contribution in [0.2, 0.25) is 10.0 Å². The summed E-state index contributed by atoms with van der Waals surface area (Å²) in [5.41, 5.74) is 6.83. The Bertz CT molecular complexity index is 1280. The first-order chi connectivity index (χ1) is 14.8. The average molecular weight is 471 g/mol. The van der Waals surface area contributed by atoms with Gasteiger partial charge in [-0.2, -0.15) is 0 Å². The number of hydrogen-bond donors (Lipinski definition) is 1. The number of anilines is 1. The summed E-state index contributed by atoms with van der Waals surface area (Å²) >= 11 is 13.5. The monoisotopic (exact) mass is 470 g/mol. The first kappa shape index (κ1) is 21.7. The summed E-state index contributed by atoms with van der Waals surface area (Å²) in [6.45, 7) is 6.26. The molecule has 0 atom stereocenters. The van der Waals surface area contributed by atoms with Crippen LogP contribution in [0.25, 0.3) is 16.7 Å². The van der Waals surface area contributed by atoms with E-state index >= 15 is 0 Å². The number of thioether (sulfide) groups is 1. The Balaban J connectivity index is 1.66. The van der Waals surface area contributed by atoms with Gasteiger partial charge in [-0.3, -0.25) is 14.3 Å². The van der Waals surface area contributed by atoms with Crippen LogP contribution in [0, 0.1) is 20.8 Å². The first-order valence-electron chi connectivity index (χ1n) is 9.62. The van der Waals surface area contributed by atoms with Crippen LogP contribution in [0.1, 0.15) is 16.7 Å². The number of aryl methyl sites for hydroxylation is 3. The van der Waals surface area contributed by atoms with Crippen LogP contribution in [-0.4, -0.2) is 26.2 Å². The molecule has 0 bridgehead atoms. The molecular formula is C23H20Cl2N4OS. The smallest absolute Gasteiger partial charge is 0.234 e. The van der Waals surface area contributed by atoms with Crippen molar-refractivity contribution in [1.82, 2.24) is 14.5 Å². The van der Waals surface area contributed by atoms with E-state index in [1.54, 1.807) is 30.6 Å². The molecule has 158 valence electrons. The number of nitrogens with zero attached hydrogens (tertiary/aromatic N) is 3. The predicted octanol–water partition coefficient (Wildman–Crippen LogP) is 6.38. The molecule has 0 saturated carbocycles. The fraction of sp³-hybridized carbons (Fsp3) is 0.174. The van der Waals surface area contributed by atoms with E-state index in [1.165, 1.54) is 17.3 Å². The topological polar surface area (TPSA) is 59.8 Å². The molecule has 1 N–H and O–H groups in total. The zero-order chi connectivity index (χ0) is 22.1. The number of aromatic nitrogens is 3. The van der Waals surface area contributed by atoms with E-state index in [-0.39, 0.29) is 11.7 Å². The number of nitrogens with one attached hydrogen (secondary N) is 1. The minimum absolute atomic E-state index is 0.177. The number of fused-ring (bicyclic) bond motifs is 1. The third-order valence-corrected chi connectivity index (χ3v) is 6.31. The highest BCUT2D eigenvalue weighted by Crippen LogP contribution is 2.32. The van der Waals surface area contributed by atoms with E-state index in [4.69, 9.17) is 28.2 Å². The van der Waals surface area contributed by atoms with Gasteiger partial charge in [-0.1, -0.05) is 52.7 Å². The lowest BCUT2D eigenvalue weighted by molar-refractivity contribution is -0.113. The molecule has 0 aliphatic heterocycles. The van der Waals surface area contributed by atoms with Gasteiger partial charge in [0.2, 0.25) is 5.91 Å². The average Bonchev–Trinajstić information content (AvgIpc) is 3.06. The molecule has 0 spiro atoms. The highest BCUT2D eigenvalue weighted by atomic mass is 35.5. The Morgan fingerprint density at radius 1 is 1.10 bits per heavy atom. The normalized spacial score (nSPS) is 11.1. The van der Waals surface area contributed by atoms with E-state index < -0.39 is 0 Å². The Hall–Kier alpha value is -2.54. The van der Waals surface area contributed by atoms with Crippen LogP contribution >= 0.6 is 35.0 Å². The quantitative estimate of drug-likeness (QED) is 0.343. The molecule has 2 aromatic carbocycles. The molecule has 0 radical (unpaired) electrons. The fourth-order valence-electron chi connectivity index (χ4n) is 3.66. The Morgan fingerprint density at radius 3 is 2.55 bits per heavy atom. The lowest BCUT2D eigenvalue weighted by atomic mass is 10.0. The summed E-state index contributed by atoms with van der Waals surface area (Å²) in [5, 5.41) is 4.48. The van der Waals surface area contributed by atoms with Crippen molar-refractivity contribution in [2.24, 2.45) is 0 Å². The molecule has 0 unspecified atom stereocenters. The minimum atomic E-state index is -0.177. The first-order valence-corrected chi connectivity index (χ1v) is 11.4. The summed E-state index contributed by atoms with van der Waals surface area (Å²) in [6.07, 6.45) is 3.49. The maximum absolute atomic E-state index is 12.6. The largest absolute Gasteiger partial charge is 0.324 e. The lowest BCUT2D eigenvalue weighted by Gasteiger charge is -2.16. The van der Waals surface area contributed by atoms with Crippen molar-refractivity contribution in [3.8, 4) is 5.69 Å². The van der Waals surface area contributed by atoms with Crippen LogP contribution in [0.5, 0.6) is 0 Å². The van der Waals surface area contributed by atoms with Crippen LogP contribution in [0.15, 0.2) is 53.9 Å².